The number of hydrogen-bond donors (Lipinski definition) is 0. The zero-order valence-electron chi connectivity index (χ0n) is 9.24. The normalized spacial score (nSPS) is 16.8. The van der Waals surface area contributed by atoms with Gasteiger partial charge in [-0.05, 0) is 31.4 Å². The molecule has 0 aliphatic heterocycles. The van der Waals surface area contributed by atoms with Crippen LogP contribution in [0.4, 0.5) is 0 Å². The van der Waals surface area contributed by atoms with Gasteiger partial charge in [-0.25, -0.2) is 15.0 Å². The number of aryl methyl sites for hydroxylation is 1. The van der Waals surface area contributed by atoms with Crippen molar-refractivity contribution < 1.29 is 0 Å². The lowest BCUT2D eigenvalue weighted by atomic mass is 9.95. The molecule has 84 valence electrons. The van der Waals surface area contributed by atoms with Crippen molar-refractivity contribution in [1.82, 2.24) is 15.0 Å². The number of halogens is 1. The molecule has 0 spiro atoms. The number of nitrogens with zero attached hydrogens (tertiary/aromatic N) is 4. The van der Waals surface area contributed by atoms with Gasteiger partial charge in [0.25, 0.3) is 0 Å². The van der Waals surface area contributed by atoms with Crippen LogP contribution in [0.25, 0.3) is 11.0 Å². The fraction of sp³-hybridized carbons (Fsp3) is 0.333. The Kier molecular flexibility index (Phi) is 2.07. The molecule has 2 heterocycles. The predicted molar refractivity (Wildman–Crippen MR) is 63.6 cm³/mol. The van der Waals surface area contributed by atoms with E-state index in [1.807, 2.05) is 13.0 Å². The molecule has 1 saturated carbocycles. The number of rotatable bonds is 1. The van der Waals surface area contributed by atoms with Crippen LogP contribution in [0, 0.1) is 18.3 Å². The van der Waals surface area contributed by atoms with Crippen molar-refractivity contribution in [1.29, 1.82) is 5.26 Å². The average molecular weight is 245 g/mol. The van der Waals surface area contributed by atoms with E-state index in [0.717, 1.165) is 29.5 Å². The quantitative estimate of drug-likeness (QED) is 0.724. The van der Waals surface area contributed by atoms with E-state index in [1.54, 1.807) is 0 Å². The molecule has 5 heteroatoms. The predicted octanol–water partition coefficient (Wildman–Crippen LogP) is 2.54. The second-order valence-electron chi connectivity index (χ2n) is 4.35. The van der Waals surface area contributed by atoms with Crippen LogP contribution in [0.5, 0.6) is 0 Å². The van der Waals surface area contributed by atoms with E-state index >= 15 is 0 Å². The summed E-state index contributed by atoms with van der Waals surface area (Å²) in [5.41, 5.74) is 2.04. The summed E-state index contributed by atoms with van der Waals surface area (Å²) in [6.07, 6.45) is 3.18. The second kappa shape index (κ2) is 3.38. The summed E-state index contributed by atoms with van der Waals surface area (Å²) >= 11 is 6.02. The molecule has 1 aliphatic carbocycles. The zero-order chi connectivity index (χ0) is 12.0. The van der Waals surface area contributed by atoms with E-state index < -0.39 is 0 Å². The lowest BCUT2D eigenvalue weighted by molar-refractivity contribution is 0.881. The number of pyridine rings is 1. The van der Waals surface area contributed by atoms with Gasteiger partial charge in [0.05, 0.1) is 16.9 Å². The van der Waals surface area contributed by atoms with Gasteiger partial charge in [-0.2, -0.15) is 5.26 Å². The van der Waals surface area contributed by atoms with Gasteiger partial charge in [0.15, 0.2) is 5.65 Å². The number of aromatic nitrogens is 3. The maximum absolute atomic E-state index is 9.23. The molecule has 0 N–H and O–H groups in total. The van der Waals surface area contributed by atoms with E-state index in [1.165, 1.54) is 6.33 Å². The second-order valence-corrected chi connectivity index (χ2v) is 4.71. The Hall–Kier alpha value is -1.73. The molecular formula is C12H9ClN4. The van der Waals surface area contributed by atoms with Crippen LogP contribution in [0.1, 0.15) is 24.1 Å². The fourth-order valence-electron chi connectivity index (χ4n) is 2.10. The summed E-state index contributed by atoms with van der Waals surface area (Å²) in [6, 6.07) is 4.28. The third-order valence-corrected chi connectivity index (χ3v) is 3.55. The Morgan fingerprint density at radius 3 is 2.82 bits per heavy atom. The van der Waals surface area contributed by atoms with Gasteiger partial charge < -0.3 is 0 Å². The first-order chi connectivity index (χ1) is 8.16. The lowest BCUT2D eigenvalue weighted by Gasteiger charge is -2.10. The standard InChI is InChI=1S/C12H9ClN4/c1-7-9(12(5-14)2-3-12)4-8-10(13)15-6-16-11(8)17-7/h4,6H,2-3H2,1H3. The number of nitriles is 1. The van der Waals surface area contributed by atoms with E-state index in [-0.39, 0.29) is 5.41 Å². The summed E-state index contributed by atoms with van der Waals surface area (Å²) in [5, 5.41) is 10.3. The maximum Gasteiger partial charge on any atom is 0.164 e. The van der Waals surface area contributed by atoms with Crippen molar-refractivity contribution >= 4 is 22.6 Å². The van der Waals surface area contributed by atoms with Crippen LogP contribution in [0.15, 0.2) is 12.4 Å². The molecule has 0 radical (unpaired) electrons. The van der Waals surface area contributed by atoms with Crippen molar-refractivity contribution in [3.05, 3.63) is 28.8 Å². The molecule has 0 aromatic carbocycles. The van der Waals surface area contributed by atoms with Crippen LogP contribution in [-0.2, 0) is 5.41 Å². The van der Waals surface area contributed by atoms with Crippen LogP contribution < -0.4 is 0 Å². The highest BCUT2D eigenvalue weighted by Crippen LogP contribution is 2.49. The molecule has 0 amide bonds. The first kappa shape index (κ1) is 10.4. The lowest BCUT2D eigenvalue weighted by Crippen LogP contribution is -2.07. The highest BCUT2D eigenvalue weighted by atomic mass is 35.5. The number of fused-ring (bicyclic) bond motifs is 1. The van der Waals surface area contributed by atoms with E-state index in [9.17, 15) is 5.26 Å². The minimum atomic E-state index is -0.357. The maximum atomic E-state index is 9.23. The molecule has 4 nitrogen and oxygen atoms in total. The van der Waals surface area contributed by atoms with Crippen molar-refractivity contribution in [2.24, 2.45) is 0 Å². The molecule has 0 bridgehead atoms. The zero-order valence-corrected chi connectivity index (χ0v) is 9.99. The monoisotopic (exact) mass is 244 g/mol. The van der Waals surface area contributed by atoms with Crippen molar-refractivity contribution in [2.45, 2.75) is 25.2 Å². The Morgan fingerprint density at radius 2 is 2.18 bits per heavy atom. The topological polar surface area (TPSA) is 62.5 Å². The number of hydrogen-bond acceptors (Lipinski definition) is 4. The Morgan fingerprint density at radius 1 is 1.41 bits per heavy atom. The summed E-state index contributed by atoms with van der Waals surface area (Å²) < 4.78 is 0. The van der Waals surface area contributed by atoms with E-state index in [4.69, 9.17) is 11.6 Å². The first-order valence-corrected chi connectivity index (χ1v) is 5.74. The van der Waals surface area contributed by atoms with Gasteiger partial charge >= 0.3 is 0 Å². The SMILES string of the molecule is Cc1nc2ncnc(Cl)c2cc1C1(C#N)CC1. The smallest absolute Gasteiger partial charge is 0.164 e. The van der Waals surface area contributed by atoms with Gasteiger partial charge in [0, 0.05) is 5.69 Å². The molecule has 3 rings (SSSR count). The van der Waals surface area contributed by atoms with Gasteiger partial charge in [-0.15, -0.1) is 0 Å². The average Bonchev–Trinajstić information content (AvgIpc) is 3.09. The molecular weight excluding hydrogens is 236 g/mol. The Balaban J connectivity index is 2.31. The summed E-state index contributed by atoms with van der Waals surface area (Å²) in [4.78, 5) is 12.4. The molecule has 0 unspecified atom stereocenters. The third-order valence-electron chi connectivity index (χ3n) is 3.25. The fourth-order valence-corrected chi connectivity index (χ4v) is 2.28. The molecule has 17 heavy (non-hydrogen) atoms. The van der Waals surface area contributed by atoms with Crippen LogP contribution in [0.3, 0.4) is 0 Å². The van der Waals surface area contributed by atoms with Gasteiger partial charge in [-0.1, -0.05) is 11.6 Å². The minimum Gasteiger partial charge on any atom is -0.233 e. The summed E-state index contributed by atoms with van der Waals surface area (Å²) in [6.45, 7) is 1.90. The summed E-state index contributed by atoms with van der Waals surface area (Å²) in [7, 11) is 0. The van der Waals surface area contributed by atoms with Gasteiger partial charge in [0.1, 0.15) is 11.5 Å². The Bertz CT molecular complexity index is 655. The highest BCUT2D eigenvalue weighted by Gasteiger charge is 2.46. The van der Waals surface area contributed by atoms with Crippen LogP contribution in [-0.4, -0.2) is 15.0 Å². The molecule has 2 aromatic rings. The largest absolute Gasteiger partial charge is 0.233 e. The van der Waals surface area contributed by atoms with Gasteiger partial charge in [-0.3, -0.25) is 0 Å². The summed E-state index contributed by atoms with van der Waals surface area (Å²) in [5.74, 6) is 0. The molecule has 1 fully saturated rings. The highest BCUT2D eigenvalue weighted by molar-refractivity contribution is 6.33. The third kappa shape index (κ3) is 1.47. The van der Waals surface area contributed by atoms with E-state index in [0.29, 0.717) is 10.8 Å². The first-order valence-electron chi connectivity index (χ1n) is 5.36. The Labute approximate surface area is 103 Å². The molecule has 1 aliphatic rings. The molecule has 2 aromatic heterocycles. The van der Waals surface area contributed by atoms with Crippen molar-refractivity contribution in [3.63, 3.8) is 0 Å². The van der Waals surface area contributed by atoms with Crippen LogP contribution >= 0.6 is 11.6 Å². The van der Waals surface area contributed by atoms with Crippen molar-refractivity contribution in [2.75, 3.05) is 0 Å². The molecule has 0 atom stereocenters. The minimum absolute atomic E-state index is 0.357. The van der Waals surface area contributed by atoms with Crippen molar-refractivity contribution in [3.8, 4) is 6.07 Å². The van der Waals surface area contributed by atoms with E-state index in [2.05, 4.69) is 21.0 Å². The van der Waals surface area contributed by atoms with Crippen LogP contribution in [0.2, 0.25) is 5.15 Å². The van der Waals surface area contributed by atoms with Gasteiger partial charge in [0.2, 0.25) is 0 Å². The molecule has 0 saturated heterocycles.